The lowest BCUT2D eigenvalue weighted by Crippen LogP contribution is -2.09. The van der Waals surface area contributed by atoms with Crippen LogP contribution in [-0.2, 0) is 19.9 Å². The van der Waals surface area contributed by atoms with Crippen molar-refractivity contribution in [2.75, 3.05) is 6.54 Å². The van der Waals surface area contributed by atoms with Crippen LogP contribution in [0.15, 0.2) is 0 Å². The summed E-state index contributed by atoms with van der Waals surface area (Å²) in [6.07, 6.45) is 3.23. The molecular weight excluding hydrogens is 162 g/mol. The largest absolute Gasteiger partial charge is 0.330 e. The Bertz CT molecular complexity index is 249. The lowest BCUT2D eigenvalue weighted by atomic mass is 10.1. The molecule has 0 atom stereocenters. The molecule has 0 fully saturated rings. The molecule has 0 aliphatic heterocycles. The van der Waals surface area contributed by atoms with E-state index in [9.17, 15) is 0 Å². The van der Waals surface area contributed by atoms with Gasteiger partial charge in [-0.05, 0) is 25.5 Å². The number of hydrogen-bond donors (Lipinski definition) is 1. The van der Waals surface area contributed by atoms with Crippen molar-refractivity contribution >= 4 is 0 Å². The van der Waals surface area contributed by atoms with Crippen molar-refractivity contribution in [3.63, 3.8) is 0 Å². The van der Waals surface area contributed by atoms with Crippen LogP contribution in [0.2, 0.25) is 0 Å². The standard InChI is InChI=1S/C10H19N3/c1-4-5-9-8(2)12-13(3)10(9)6-7-11/h4-7,11H2,1-3H3. The van der Waals surface area contributed by atoms with E-state index in [1.165, 1.54) is 17.7 Å². The molecule has 1 rings (SSSR count). The Labute approximate surface area is 79.9 Å². The van der Waals surface area contributed by atoms with Gasteiger partial charge in [0.15, 0.2) is 0 Å². The summed E-state index contributed by atoms with van der Waals surface area (Å²) in [4.78, 5) is 0. The van der Waals surface area contributed by atoms with E-state index >= 15 is 0 Å². The fourth-order valence-corrected chi connectivity index (χ4v) is 1.77. The van der Waals surface area contributed by atoms with E-state index in [2.05, 4.69) is 18.9 Å². The van der Waals surface area contributed by atoms with Gasteiger partial charge >= 0.3 is 0 Å². The highest BCUT2D eigenvalue weighted by Crippen LogP contribution is 2.15. The fourth-order valence-electron chi connectivity index (χ4n) is 1.77. The molecule has 0 bridgehead atoms. The summed E-state index contributed by atoms with van der Waals surface area (Å²) in [6, 6.07) is 0. The van der Waals surface area contributed by atoms with Gasteiger partial charge in [-0.15, -0.1) is 0 Å². The molecule has 0 radical (unpaired) electrons. The first-order chi connectivity index (χ1) is 6.20. The van der Waals surface area contributed by atoms with Crippen LogP contribution < -0.4 is 5.73 Å². The molecule has 0 saturated heterocycles. The summed E-state index contributed by atoms with van der Waals surface area (Å²) in [6.45, 7) is 4.97. The van der Waals surface area contributed by atoms with Gasteiger partial charge in [-0.1, -0.05) is 13.3 Å². The summed E-state index contributed by atoms with van der Waals surface area (Å²) in [5, 5.41) is 4.41. The van der Waals surface area contributed by atoms with Crippen LogP contribution in [0.25, 0.3) is 0 Å². The number of nitrogens with two attached hydrogens (primary N) is 1. The van der Waals surface area contributed by atoms with E-state index in [1.54, 1.807) is 0 Å². The summed E-state index contributed by atoms with van der Waals surface area (Å²) >= 11 is 0. The highest BCUT2D eigenvalue weighted by atomic mass is 15.3. The van der Waals surface area contributed by atoms with Gasteiger partial charge in [-0.25, -0.2) is 0 Å². The Morgan fingerprint density at radius 1 is 1.38 bits per heavy atom. The number of nitrogens with zero attached hydrogens (tertiary/aromatic N) is 2. The minimum Gasteiger partial charge on any atom is -0.330 e. The molecule has 3 heteroatoms. The van der Waals surface area contributed by atoms with Gasteiger partial charge in [0.1, 0.15) is 0 Å². The van der Waals surface area contributed by atoms with E-state index in [4.69, 9.17) is 5.73 Å². The maximum Gasteiger partial charge on any atom is 0.0628 e. The van der Waals surface area contributed by atoms with Crippen molar-refractivity contribution < 1.29 is 0 Å². The van der Waals surface area contributed by atoms with Gasteiger partial charge in [0.2, 0.25) is 0 Å². The SMILES string of the molecule is CCCc1c(C)nn(C)c1CCN. The molecule has 74 valence electrons. The molecule has 0 saturated carbocycles. The smallest absolute Gasteiger partial charge is 0.0628 e. The molecule has 13 heavy (non-hydrogen) atoms. The van der Waals surface area contributed by atoms with Crippen molar-refractivity contribution in [1.29, 1.82) is 0 Å². The van der Waals surface area contributed by atoms with E-state index in [0.29, 0.717) is 6.54 Å². The summed E-state index contributed by atoms with van der Waals surface area (Å²) in [7, 11) is 2.00. The van der Waals surface area contributed by atoms with Crippen molar-refractivity contribution in [3.05, 3.63) is 17.0 Å². The molecule has 3 nitrogen and oxygen atoms in total. The molecule has 0 unspecified atom stereocenters. The second kappa shape index (κ2) is 4.42. The third-order valence-corrected chi connectivity index (χ3v) is 2.36. The van der Waals surface area contributed by atoms with Gasteiger partial charge in [-0.3, -0.25) is 4.68 Å². The molecule has 1 aromatic heterocycles. The lowest BCUT2D eigenvalue weighted by molar-refractivity contribution is 0.696. The Balaban J connectivity index is 2.98. The summed E-state index contributed by atoms with van der Waals surface area (Å²) in [5.41, 5.74) is 9.43. The first-order valence-electron chi connectivity index (χ1n) is 4.92. The van der Waals surface area contributed by atoms with Crippen LogP contribution in [0.3, 0.4) is 0 Å². The van der Waals surface area contributed by atoms with Crippen LogP contribution in [0.1, 0.15) is 30.3 Å². The fraction of sp³-hybridized carbons (Fsp3) is 0.700. The molecule has 2 N–H and O–H groups in total. The first kappa shape index (κ1) is 10.3. The predicted molar refractivity (Wildman–Crippen MR) is 54.7 cm³/mol. The molecule has 0 aromatic carbocycles. The van der Waals surface area contributed by atoms with Crippen molar-refractivity contribution in [2.24, 2.45) is 12.8 Å². The average Bonchev–Trinajstić information content (AvgIpc) is 2.33. The van der Waals surface area contributed by atoms with Crippen LogP contribution in [-0.4, -0.2) is 16.3 Å². The molecule has 0 aliphatic rings. The molecule has 0 aliphatic carbocycles. The third-order valence-electron chi connectivity index (χ3n) is 2.36. The zero-order valence-corrected chi connectivity index (χ0v) is 8.80. The number of rotatable bonds is 4. The van der Waals surface area contributed by atoms with Crippen LogP contribution >= 0.6 is 0 Å². The second-order valence-electron chi connectivity index (χ2n) is 3.42. The minimum atomic E-state index is 0.704. The van der Waals surface area contributed by atoms with E-state index in [0.717, 1.165) is 18.5 Å². The topological polar surface area (TPSA) is 43.8 Å². The molecular formula is C10H19N3. The predicted octanol–water partition coefficient (Wildman–Crippen LogP) is 1.18. The van der Waals surface area contributed by atoms with Gasteiger partial charge in [0.25, 0.3) is 0 Å². The minimum absolute atomic E-state index is 0.704. The average molecular weight is 181 g/mol. The second-order valence-corrected chi connectivity index (χ2v) is 3.42. The number of aromatic nitrogens is 2. The quantitative estimate of drug-likeness (QED) is 0.758. The van der Waals surface area contributed by atoms with E-state index in [-0.39, 0.29) is 0 Å². The molecule has 0 amide bonds. The van der Waals surface area contributed by atoms with Crippen molar-refractivity contribution in [3.8, 4) is 0 Å². The summed E-state index contributed by atoms with van der Waals surface area (Å²) in [5.74, 6) is 0. The molecule has 0 spiro atoms. The maximum atomic E-state index is 5.56. The van der Waals surface area contributed by atoms with Crippen LogP contribution in [0.5, 0.6) is 0 Å². The zero-order valence-electron chi connectivity index (χ0n) is 8.80. The van der Waals surface area contributed by atoms with Crippen molar-refractivity contribution in [1.82, 2.24) is 9.78 Å². The Hall–Kier alpha value is -0.830. The monoisotopic (exact) mass is 181 g/mol. The maximum absolute atomic E-state index is 5.56. The molecule has 1 aromatic rings. The van der Waals surface area contributed by atoms with Gasteiger partial charge in [0.05, 0.1) is 5.69 Å². The lowest BCUT2D eigenvalue weighted by Gasteiger charge is -2.03. The highest BCUT2D eigenvalue weighted by Gasteiger charge is 2.10. The van der Waals surface area contributed by atoms with E-state index in [1.807, 2.05) is 11.7 Å². The Kier molecular flexibility index (Phi) is 3.48. The van der Waals surface area contributed by atoms with Gasteiger partial charge in [-0.2, -0.15) is 5.10 Å². The van der Waals surface area contributed by atoms with Crippen LogP contribution in [0.4, 0.5) is 0 Å². The van der Waals surface area contributed by atoms with Crippen molar-refractivity contribution in [2.45, 2.75) is 33.1 Å². The Morgan fingerprint density at radius 3 is 2.62 bits per heavy atom. The van der Waals surface area contributed by atoms with Gasteiger partial charge in [0, 0.05) is 19.2 Å². The number of aryl methyl sites for hydroxylation is 2. The van der Waals surface area contributed by atoms with E-state index < -0.39 is 0 Å². The normalized spacial score (nSPS) is 10.8. The number of hydrogen-bond acceptors (Lipinski definition) is 2. The summed E-state index contributed by atoms with van der Waals surface area (Å²) < 4.78 is 1.97. The Morgan fingerprint density at radius 2 is 2.08 bits per heavy atom. The third kappa shape index (κ3) is 2.10. The van der Waals surface area contributed by atoms with Crippen LogP contribution in [0, 0.1) is 6.92 Å². The molecule has 1 heterocycles. The highest BCUT2D eigenvalue weighted by molar-refractivity contribution is 5.25. The first-order valence-corrected chi connectivity index (χ1v) is 4.92. The zero-order chi connectivity index (χ0) is 9.84. The van der Waals surface area contributed by atoms with Gasteiger partial charge < -0.3 is 5.73 Å².